The molecule has 0 saturated heterocycles. The Hall–Kier alpha value is -1.50. The summed E-state index contributed by atoms with van der Waals surface area (Å²) >= 11 is 0. The number of hydrogen-bond acceptors (Lipinski definition) is 0. The molecule has 1 aliphatic carbocycles. The van der Waals surface area contributed by atoms with Crippen molar-refractivity contribution in [3.63, 3.8) is 0 Å². The van der Waals surface area contributed by atoms with Crippen LogP contribution in [0.25, 0.3) is 17.0 Å². The smallest absolute Gasteiger partial charge is 0.0462 e. The molecule has 0 aliphatic heterocycles. The number of rotatable bonds is 0. The third-order valence-corrected chi connectivity index (χ3v) is 3.29. The second kappa shape index (κ2) is 2.99. The lowest BCUT2D eigenvalue weighted by atomic mass is 9.93. The molecular weight excluding hydrogens is 182 g/mol. The summed E-state index contributed by atoms with van der Waals surface area (Å²) in [5, 5.41) is 1.37. The van der Waals surface area contributed by atoms with Gasteiger partial charge in [-0.05, 0) is 25.5 Å². The minimum atomic E-state index is 0.623. The molecule has 1 atom stereocenters. The molecule has 0 radical (unpaired) electrons. The van der Waals surface area contributed by atoms with Crippen LogP contribution < -0.4 is 0 Å². The number of nitrogens with one attached hydrogen (secondary N) is 1. The van der Waals surface area contributed by atoms with Crippen LogP contribution in [-0.2, 0) is 0 Å². The van der Waals surface area contributed by atoms with Gasteiger partial charge in [0.1, 0.15) is 0 Å². The summed E-state index contributed by atoms with van der Waals surface area (Å²) in [5.74, 6) is 0.623. The van der Waals surface area contributed by atoms with Crippen molar-refractivity contribution in [3.8, 4) is 0 Å². The molecule has 1 N–H and O–H groups in total. The molecule has 1 aromatic carbocycles. The largest absolute Gasteiger partial charge is 0.358 e. The fourth-order valence-electron chi connectivity index (χ4n) is 2.42. The summed E-state index contributed by atoms with van der Waals surface area (Å²) in [6.45, 7) is 4.43. The van der Waals surface area contributed by atoms with Gasteiger partial charge in [-0.2, -0.15) is 0 Å². The van der Waals surface area contributed by atoms with Crippen molar-refractivity contribution in [1.82, 2.24) is 4.98 Å². The molecule has 0 bridgehead atoms. The standard InChI is InChI=1S/C14H15N/c1-9-6-7-13-12(8-9)11-5-3-4-10(2)14(11)15-13/h3,5-8,10,15H,4H2,1-2H3. The van der Waals surface area contributed by atoms with E-state index in [0.29, 0.717) is 5.92 Å². The molecule has 15 heavy (non-hydrogen) atoms. The topological polar surface area (TPSA) is 15.8 Å². The average Bonchev–Trinajstić information content (AvgIpc) is 2.58. The SMILES string of the molecule is Cc1ccc2[nH]c3c(c2c1)C=CCC3C. The Bertz CT molecular complexity index is 546. The first-order chi connectivity index (χ1) is 7.25. The third kappa shape index (κ3) is 1.23. The van der Waals surface area contributed by atoms with Crippen molar-refractivity contribution in [2.45, 2.75) is 26.2 Å². The number of allylic oxidation sites excluding steroid dienone is 1. The van der Waals surface area contributed by atoms with Crippen LogP contribution in [0.15, 0.2) is 24.3 Å². The van der Waals surface area contributed by atoms with Crippen molar-refractivity contribution in [3.05, 3.63) is 41.1 Å². The van der Waals surface area contributed by atoms with Crippen molar-refractivity contribution in [1.29, 1.82) is 0 Å². The van der Waals surface area contributed by atoms with Gasteiger partial charge in [-0.25, -0.2) is 0 Å². The fourth-order valence-corrected chi connectivity index (χ4v) is 2.42. The zero-order valence-corrected chi connectivity index (χ0v) is 9.17. The monoisotopic (exact) mass is 197 g/mol. The number of fused-ring (bicyclic) bond motifs is 3. The summed E-state index contributed by atoms with van der Waals surface area (Å²) in [6.07, 6.45) is 5.69. The number of aryl methyl sites for hydroxylation is 1. The van der Waals surface area contributed by atoms with Crippen LogP contribution in [0.2, 0.25) is 0 Å². The van der Waals surface area contributed by atoms with Gasteiger partial charge in [0.15, 0.2) is 0 Å². The van der Waals surface area contributed by atoms with Crippen molar-refractivity contribution >= 4 is 17.0 Å². The number of benzene rings is 1. The zero-order valence-electron chi connectivity index (χ0n) is 9.17. The lowest BCUT2D eigenvalue weighted by Crippen LogP contribution is -1.97. The van der Waals surface area contributed by atoms with E-state index in [-0.39, 0.29) is 0 Å². The number of aromatic nitrogens is 1. The van der Waals surface area contributed by atoms with E-state index >= 15 is 0 Å². The maximum Gasteiger partial charge on any atom is 0.0462 e. The summed E-state index contributed by atoms with van der Waals surface area (Å²) in [7, 11) is 0. The van der Waals surface area contributed by atoms with Crippen molar-refractivity contribution in [2.75, 3.05) is 0 Å². The maximum atomic E-state index is 3.54. The highest BCUT2D eigenvalue weighted by atomic mass is 14.7. The summed E-state index contributed by atoms with van der Waals surface area (Å²) in [6, 6.07) is 6.62. The van der Waals surface area contributed by atoms with Crippen molar-refractivity contribution < 1.29 is 0 Å². The Kier molecular flexibility index (Phi) is 1.75. The molecule has 1 nitrogen and oxygen atoms in total. The molecule has 1 heteroatoms. The first kappa shape index (κ1) is 8.78. The molecular formula is C14H15N. The van der Waals surface area contributed by atoms with E-state index in [0.717, 1.165) is 6.42 Å². The molecule has 1 heterocycles. The predicted octanol–water partition coefficient (Wildman–Crippen LogP) is 4.00. The molecule has 76 valence electrons. The first-order valence-electron chi connectivity index (χ1n) is 5.54. The Morgan fingerprint density at radius 2 is 2.20 bits per heavy atom. The van der Waals surface area contributed by atoms with Gasteiger partial charge < -0.3 is 4.98 Å². The second-order valence-electron chi connectivity index (χ2n) is 4.54. The summed E-state index contributed by atoms with van der Waals surface area (Å²) in [4.78, 5) is 3.54. The van der Waals surface area contributed by atoms with E-state index in [4.69, 9.17) is 0 Å². The van der Waals surface area contributed by atoms with Crippen LogP contribution in [0.3, 0.4) is 0 Å². The van der Waals surface area contributed by atoms with E-state index in [1.165, 1.54) is 27.7 Å². The zero-order chi connectivity index (χ0) is 10.4. The van der Waals surface area contributed by atoms with Gasteiger partial charge in [-0.15, -0.1) is 0 Å². The van der Waals surface area contributed by atoms with Gasteiger partial charge in [0.25, 0.3) is 0 Å². The lowest BCUT2D eigenvalue weighted by Gasteiger charge is -2.12. The quantitative estimate of drug-likeness (QED) is 0.657. The molecule has 3 rings (SSSR count). The average molecular weight is 197 g/mol. The van der Waals surface area contributed by atoms with Crippen LogP contribution in [-0.4, -0.2) is 4.98 Å². The molecule has 1 aliphatic rings. The number of H-pyrrole nitrogens is 1. The molecule has 0 fully saturated rings. The third-order valence-electron chi connectivity index (χ3n) is 3.29. The highest BCUT2D eigenvalue weighted by Crippen LogP contribution is 2.34. The highest BCUT2D eigenvalue weighted by Gasteiger charge is 2.17. The number of aromatic amines is 1. The van der Waals surface area contributed by atoms with Gasteiger partial charge in [-0.1, -0.05) is 30.7 Å². The predicted molar refractivity (Wildman–Crippen MR) is 65.1 cm³/mol. The first-order valence-corrected chi connectivity index (χ1v) is 5.54. The van der Waals surface area contributed by atoms with E-state index in [1.807, 2.05) is 0 Å². The molecule has 1 aromatic heterocycles. The molecule has 0 amide bonds. The van der Waals surface area contributed by atoms with Crippen LogP contribution in [0.5, 0.6) is 0 Å². The Balaban J connectivity index is 2.37. The van der Waals surface area contributed by atoms with E-state index < -0.39 is 0 Å². The van der Waals surface area contributed by atoms with Crippen molar-refractivity contribution in [2.24, 2.45) is 0 Å². The van der Waals surface area contributed by atoms with Gasteiger partial charge >= 0.3 is 0 Å². The van der Waals surface area contributed by atoms with E-state index in [1.54, 1.807) is 0 Å². The lowest BCUT2D eigenvalue weighted by molar-refractivity contribution is 0.750. The minimum absolute atomic E-state index is 0.623. The Labute approximate surface area is 89.8 Å². The van der Waals surface area contributed by atoms with Crippen LogP contribution in [0.4, 0.5) is 0 Å². The van der Waals surface area contributed by atoms with Crippen LogP contribution >= 0.6 is 0 Å². The molecule has 0 saturated carbocycles. The second-order valence-corrected chi connectivity index (χ2v) is 4.54. The van der Waals surface area contributed by atoms with Crippen LogP contribution in [0.1, 0.15) is 36.1 Å². The highest BCUT2D eigenvalue weighted by molar-refractivity contribution is 5.91. The Morgan fingerprint density at radius 3 is 3.07 bits per heavy atom. The fraction of sp³-hybridized carbons (Fsp3) is 0.286. The normalized spacial score (nSPS) is 19.5. The molecule has 0 spiro atoms. The van der Waals surface area contributed by atoms with Gasteiger partial charge in [-0.3, -0.25) is 0 Å². The maximum absolute atomic E-state index is 3.54. The van der Waals surface area contributed by atoms with Crippen LogP contribution in [0, 0.1) is 6.92 Å². The Morgan fingerprint density at radius 1 is 1.33 bits per heavy atom. The molecule has 2 aromatic rings. The van der Waals surface area contributed by atoms with E-state index in [9.17, 15) is 0 Å². The van der Waals surface area contributed by atoms with Gasteiger partial charge in [0.2, 0.25) is 0 Å². The van der Waals surface area contributed by atoms with E-state index in [2.05, 4.69) is 49.2 Å². The summed E-state index contributed by atoms with van der Waals surface area (Å²) in [5.41, 5.74) is 5.39. The molecule has 1 unspecified atom stereocenters. The summed E-state index contributed by atoms with van der Waals surface area (Å²) < 4.78 is 0. The minimum Gasteiger partial charge on any atom is -0.358 e. The van der Waals surface area contributed by atoms with Gasteiger partial charge in [0.05, 0.1) is 0 Å². The van der Waals surface area contributed by atoms with Gasteiger partial charge in [0, 0.05) is 28.1 Å². The number of hydrogen-bond donors (Lipinski definition) is 1.